The lowest BCUT2D eigenvalue weighted by molar-refractivity contribution is -0.282. The molecule has 0 atom stereocenters. The van der Waals surface area contributed by atoms with Gasteiger partial charge in [0.05, 0.1) is 6.01 Å². The van der Waals surface area contributed by atoms with Crippen molar-refractivity contribution in [2.45, 2.75) is 13.8 Å². The average Bonchev–Trinajstić information content (AvgIpc) is 1.59. The van der Waals surface area contributed by atoms with Crippen LogP contribution in [-0.4, -0.2) is 15.0 Å². The molecular weight excluding hydrogens is 118 g/mol. The number of hydrogen-bond donors (Lipinski definition) is 0. The molecule has 4 nitrogen and oxygen atoms in total. The predicted molar refractivity (Wildman–Crippen MR) is 28.7 cm³/mol. The molecule has 1 rings (SSSR count). The van der Waals surface area contributed by atoms with Gasteiger partial charge >= 0.3 is 0 Å². The minimum absolute atomic E-state index is 0.458. The first-order valence-electron chi connectivity index (χ1n) is 2.55. The Bertz CT molecular complexity index is 173. The van der Waals surface area contributed by atoms with Gasteiger partial charge in [-0.15, -0.1) is 0 Å². The highest BCUT2D eigenvalue weighted by molar-refractivity contribution is 4.95. The van der Waals surface area contributed by atoms with E-state index in [1.54, 1.807) is 13.8 Å². The number of hydrogen-bond acceptors (Lipinski definition) is 4. The highest BCUT2D eigenvalue weighted by Crippen LogP contribution is 1.94. The van der Waals surface area contributed by atoms with Crippen LogP contribution in [0.3, 0.4) is 0 Å². The molecule has 0 radical (unpaired) electrons. The van der Waals surface area contributed by atoms with Crippen molar-refractivity contribution in [3.05, 3.63) is 11.6 Å². The summed E-state index contributed by atoms with van der Waals surface area (Å²) < 4.78 is 0. The zero-order valence-corrected chi connectivity index (χ0v) is 5.25. The zero-order chi connectivity index (χ0) is 6.85. The quantitative estimate of drug-likeness (QED) is 0.470. The number of rotatable bonds is 0. The van der Waals surface area contributed by atoms with Gasteiger partial charge in [-0.25, -0.2) is 15.0 Å². The molecule has 9 heavy (non-hydrogen) atoms. The van der Waals surface area contributed by atoms with Crippen molar-refractivity contribution in [1.29, 1.82) is 0 Å². The summed E-state index contributed by atoms with van der Waals surface area (Å²) in [5.74, 6) is 0.958. The topological polar surface area (TPSA) is 61.7 Å². The second-order valence-electron chi connectivity index (χ2n) is 1.71. The number of aromatic nitrogens is 3. The van der Waals surface area contributed by atoms with E-state index in [1.165, 1.54) is 0 Å². The van der Waals surface area contributed by atoms with Crippen molar-refractivity contribution in [2.75, 3.05) is 0 Å². The predicted octanol–water partition coefficient (Wildman–Crippen LogP) is -0.438. The van der Waals surface area contributed by atoms with Crippen molar-refractivity contribution in [1.82, 2.24) is 15.0 Å². The van der Waals surface area contributed by atoms with Crippen LogP contribution in [0.15, 0.2) is 0 Å². The molecule has 0 aromatic carbocycles. The third-order valence-electron chi connectivity index (χ3n) is 0.839. The average molecular weight is 124 g/mol. The summed E-state index contributed by atoms with van der Waals surface area (Å²) in [7, 11) is 0. The van der Waals surface area contributed by atoms with Crippen molar-refractivity contribution in [2.24, 2.45) is 0 Å². The molecule has 0 N–H and O–H groups in total. The molecule has 0 amide bonds. The summed E-state index contributed by atoms with van der Waals surface area (Å²) >= 11 is 0. The van der Waals surface area contributed by atoms with E-state index >= 15 is 0 Å². The maximum Gasteiger partial charge on any atom is 0.128 e. The summed E-state index contributed by atoms with van der Waals surface area (Å²) in [5, 5.41) is 10.4. The van der Waals surface area contributed by atoms with Gasteiger partial charge in [0.2, 0.25) is 0 Å². The normalized spacial score (nSPS) is 9.56. The summed E-state index contributed by atoms with van der Waals surface area (Å²) in [6, 6.07) is -0.458. The molecule has 1 aromatic rings. The van der Waals surface area contributed by atoms with Gasteiger partial charge in [-0.3, -0.25) is 0 Å². The second-order valence-corrected chi connectivity index (χ2v) is 1.71. The molecular formula is C5H6N3O-. The standard InChI is InChI=1S/C5H7N3O/c1-3-6-4(2)8-5(9)7-3/h1-2H3,(H,6,7,8,9)/p-1. The van der Waals surface area contributed by atoms with Crippen LogP contribution in [-0.2, 0) is 0 Å². The molecule has 0 unspecified atom stereocenters. The van der Waals surface area contributed by atoms with Crippen molar-refractivity contribution in [3.63, 3.8) is 0 Å². The molecule has 0 saturated heterocycles. The van der Waals surface area contributed by atoms with Gasteiger partial charge in [0.15, 0.2) is 0 Å². The highest BCUT2D eigenvalue weighted by atomic mass is 16.3. The van der Waals surface area contributed by atoms with Gasteiger partial charge in [0.25, 0.3) is 0 Å². The van der Waals surface area contributed by atoms with Crippen LogP contribution in [0.1, 0.15) is 11.6 Å². The smallest absolute Gasteiger partial charge is 0.128 e. The molecule has 0 aliphatic rings. The summed E-state index contributed by atoms with van der Waals surface area (Å²) in [5.41, 5.74) is 0. The van der Waals surface area contributed by atoms with E-state index < -0.39 is 6.01 Å². The lowest BCUT2D eigenvalue weighted by atomic mass is 10.6. The maximum absolute atomic E-state index is 10.4. The number of nitrogens with zero attached hydrogens (tertiary/aromatic N) is 3. The van der Waals surface area contributed by atoms with Crippen LogP contribution >= 0.6 is 0 Å². The second kappa shape index (κ2) is 1.97. The minimum atomic E-state index is -0.458. The molecule has 1 heterocycles. The summed E-state index contributed by atoms with van der Waals surface area (Å²) in [6.07, 6.45) is 0. The summed E-state index contributed by atoms with van der Waals surface area (Å²) in [6.45, 7) is 3.33. The molecule has 1 aromatic heterocycles. The van der Waals surface area contributed by atoms with Crippen molar-refractivity contribution in [3.8, 4) is 6.01 Å². The molecule has 0 fully saturated rings. The fourth-order valence-corrected chi connectivity index (χ4v) is 0.586. The molecule has 48 valence electrons. The van der Waals surface area contributed by atoms with Gasteiger partial charge in [-0.2, -0.15) is 0 Å². The molecule has 0 saturated carbocycles. The Labute approximate surface area is 52.6 Å². The van der Waals surface area contributed by atoms with Crippen LogP contribution < -0.4 is 5.11 Å². The lowest BCUT2D eigenvalue weighted by Gasteiger charge is -2.02. The molecule has 4 heteroatoms. The number of aryl methyl sites for hydroxylation is 2. The van der Waals surface area contributed by atoms with E-state index in [0.29, 0.717) is 11.6 Å². The summed E-state index contributed by atoms with van der Waals surface area (Å²) in [4.78, 5) is 10.7. The van der Waals surface area contributed by atoms with Gasteiger partial charge in [-0.1, -0.05) is 0 Å². The van der Waals surface area contributed by atoms with E-state index in [-0.39, 0.29) is 0 Å². The Balaban J connectivity index is 3.17. The first kappa shape index (κ1) is 5.94. The Morgan fingerprint density at radius 1 is 1.00 bits per heavy atom. The Hall–Kier alpha value is -1.19. The van der Waals surface area contributed by atoms with E-state index in [4.69, 9.17) is 0 Å². The monoisotopic (exact) mass is 124 g/mol. The van der Waals surface area contributed by atoms with E-state index in [0.717, 1.165) is 0 Å². The lowest BCUT2D eigenvalue weighted by Crippen LogP contribution is -2.03. The largest absolute Gasteiger partial charge is 0.844 e. The maximum atomic E-state index is 10.4. The zero-order valence-electron chi connectivity index (χ0n) is 5.25. The van der Waals surface area contributed by atoms with Gasteiger partial charge in [0, 0.05) is 0 Å². The van der Waals surface area contributed by atoms with Crippen LogP contribution in [0.4, 0.5) is 0 Å². The third kappa shape index (κ3) is 1.35. The molecule has 0 spiro atoms. The molecule has 0 aliphatic heterocycles. The van der Waals surface area contributed by atoms with E-state index in [9.17, 15) is 5.11 Å². The van der Waals surface area contributed by atoms with Crippen molar-refractivity contribution < 1.29 is 5.11 Å². The van der Waals surface area contributed by atoms with E-state index in [2.05, 4.69) is 15.0 Å². The Morgan fingerprint density at radius 2 is 1.44 bits per heavy atom. The van der Waals surface area contributed by atoms with Gasteiger partial charge in [0.1, 0.15) is 11.6 Å². The first-order valence-corrected chi connectivity index (χ1v) is 2.55. The van der Waals surface area contributed by atoms with Crippen LogP contribution in [0.25, 0.3) is 0 Å². The van der Waals surface area contributed by atoms with Crippen LogP contribution in [0.5, 0.6) is 6.01 Å². The van der Waals surface area contributed by atoms with Crippen LogP contribution in [0.2, 0.25) is 0 Å². The third-order valence-corrected chi connectivity index (χ3v) is 0.839. The fraction of sp³-hybridized carbons (Fsp3) is 0.400. The minimum Gasteiger partial charge on any atom is -0.844 e. The van der Waals surface area contributed by atoms with Gasteiger partial charge in [-0.05, 0) is 13.8 Å². The first-order chi connectivity index (χ1) is 4.18. The van der Waals surface area contributed by atoms with E-state index in [1.807, 2.05) is 0 Å². The van der Waals surface area contributed by atoms with Gasteiger partial charge < -0.3 is 5.11 Å². The molecule has 0 aliphatic carbocycles. The molecule has 0 bridgehead atoms. The van der Waals surface area contributed by atoms with Crippen molar-refractivity contribution >= 4 is 0 Å². The Morgan fingerprint density at radius 3 is 1.78 bits per heavy atom. The SMILES string of the molecule is Cc1nc(C)nc([O-])n1. The fourth-order valence-electron chi connectivity index (χ4n) is 0.586. The Kier molecular flexibility index (Phi) is 1.30. The van der Waals surface area contributed by atoms with Crippen LogP contribution in [0, 0.1) is 13.8 Å². The highest BCUT2D eigenvalue weighted by Gasteiger charge is 1.88.